The van der Waals surface area contributed by atoms with Gasteiger partial charge in [-0.1, -0.05) is 12.1 Å². The molecule has 1 aromatic carbocycles. The topological polar surface area (TPSA) is 75.4 Å². The molecule has 6 heteroatoms. The molecule has 0 bridgehead atoms. The Morgan fingerprint density at radius 3 is 2.53 bits per heavy atom. The van der Waals surface area contributed by atoms with Crippen LogP contribution in [0.2, 0.25) is 0 Å². The standard InChI is InChI=1S/C13H23N3O2S/c1-10-5-6-12(8-14)7-13(10)19(17,18)15-11(2)9-16(3)4/h5-7,11,15H,8-9,14H2,1-4H3. The molecule has 0 radical (unpaired) electrons. The zero-order valence-corrected chi connectivity index (χ0v) is 12.8. The van der Waals surface area contributed by atoms with E-state index in [1.54, 1.807) is 19.1 Å². The molecule has 1 atom stereocenters. The first-order valence-electron chi connectivity index (χ1n) is 6.23. The first kappa shape index (κ1) is 16.1. The normalized spacial score (nSPS) is 13.8. The number of rotatable bonds is 6. The number of hydrogen-bond donors (Lipinski definition) is 2. The van der Waals surface area contributed by atoms with Crippen molar-refractivity contribution < 1.29 is 8.42 Å². The molecule has 0 fully saturated rings. The van der Waals surface area contributed by atoms with Crippen LogP contribution in [0.25, 0.3) is 0 Å². The fourth-order valence-electron chi connectivity index (χ4n) is 1.97. The minimum atomic E-state index is -3.50. The molecule has 1 aromatic rings. The maximum Gasteiger partial charge on any atom is 0.241 e. The SMILES string of the molecule is Cc1ccc(CN)cc1S(=O)(=O)NC(C)CN(C)C. The fraction of sp³-hybridized carbons (Fsp3) is 0.538. The van der Waals surface area contributed by atoms with E-state index in [-0.39, 0.29) is 6.04 Å². The lowest BCUT2D eigenvalue weighted by Gasteiger charge is -2.19. The second-order valence-corrected chi connectivity index (χ2v) is 6.77. The predicted octanol–water partition coefficient (Wildman–Crippen LogP) is 0.682. The van der Waals surface area contributed by atoms with Crippen molar-refractivity contribution in [1.82, 2.24) is 9.62 Å². The highest BCUT2D eigenvalue weighted by Gasteiger charge is 2.20. The minimum Gasteiger partial charge on any atom is -0.326 e. The third kappa shape index (κ3) is 4.58. The third-order valence-electron chi connectivity index (χ3n) is 2.77. The van der Waals surface area contributed by atoms with E-state index >= 15 is 0 Å². The van der Waals surface area contributed by atoms with Crippen LogP contribution in [-0.4, -0.2) is 40.0 Å². The van der Waals surface area contributed by atoms with Gasteiger partial charge >= 0.3 is 0 Å². The number of nitrogens with zero attached hydrogens (tertiary/aromatic N) is 1. The van der Waals surface area contributed by atoms with Crippen molar-refractivity contribution in [2.45, 2.75) is 31.3 Å². The zero-order valence-electron chi connectivity index (χ0n) is 12.0. The Kier molecular flexibility index (Phi) is 5.49. The second-order valence-electron chi connectivity index (χ2n) is 5.09. The molecule has 1 unspecified atom stereocenters. The number of sulfonamides is 1. The lowest BCUT2D eigenvalue weighted by molar-refractivity contribution is 0.370. The van der Waals surface area contributed by atoms with Gasteiger partial charge in [0.25, 0.3) is 0 Å². The van der Waals surface area contributed by atoms with Crippen LogP contribution in [0.5, 0.6) is 0 Å². The zero-order chi connectivity index (χ0) is 14.6. The summed E-state index contributed by atoms with van der Waals surface area (Å²) in [4.78, 5) is 2.25. The van der Waals surface area contributed by atoms with Crippen LogP contribution in [-0.2, 0) is 16.6 Å². The number of hydrogen-bond acceptors (Lipinski definition) is 4. The molecule has 0 aromatic heterocycles. The Morgan fingerprint density at radius 1 is 1.37 bits per heavy atom. The van der Waals surface area contributed by atoms with Crippen LogP contribution in [0.1, 0.15) is 18.1 Å². The van der Waals surface area contributed by atoms with E-state index in [2.05, 4.69) is 4.72 Å². The average Bonchev–Trinajstić information content (AvgIpc) is 2.27. The molecule has 0 amide bonds. The van der Waals surface area contributed by atoms with Crippen LogP contribution in [0.3, 0.4) is 0 Å². The summed E-state index contributed by atoms with van der Waals surface area (Å²) in [6.07, 6.45) is 0. The number of benzene rings is 1. The molecule has 0 spiro atoms. The number of aryl methyl sites for hydroxylation is 1. The summed E-state index contributed by atoms with van der Waals surface area (Å²) >= 11 is 0. The number of likely N-dealkylation sites (N-methyl/N-ethyl adjacent to an activating group) is 1. The van der Waals surface area contributed by atoms with Crippen LogP contribution >= 0.6 is 0 Å². The van der Waals surface area contributed by atoms with Crippen molar-refractivity contribution in [2.24, 2.45) is 5.73 Å². The highest BCUT2D eigenvalue weighted by molar-refractivity contribution is 7.89. The molecule has 0 saturated carbocycles. The molecule has 0 heterocycles. The van der Waals surface area contributed by atoms with Gasteiger partial charge in [-0.15, -0.1) is 0 Å². The van der Waals surface area contributed by atoms with E-state index in [9.17, 15) is 8.42 Å². The first-order valence-corrected chi connectivity index (χ1v) is 7.71. The second kappa shape index (κ2) is 6.47. The highest BCUT2D eigenvalue weighted by Crippen LogP contribution is 2.17. The molecule has 0 aliphatic carbocycles. The number of nitrogens with two attached hydrogens (primary N) is 1. The molecule has 3 N–H and O–H groups in total. The van der Waals surface area contributed by atoms with Crippen molar-refractivity contribution in [3.8, 4) is 0 Å². The van der Waals surface area contributed by atoms with Gasteiger partial charge in [-0.3, -0.25) is 0 Å². The summed E-state index contributed by atoms with van der Waals surface area (Å²) in [6.45, 7) is 4.61. The molecule has 19 heavy (non-hydrogen) atoms. The van der Waals surface area contributed by atoms with Crippen LogP contribution in [0.15, 0.2) is 23.1 Å². The Balaban J connectivity index is 3.00. The molecule has 1 rings (SSSR count). The highest BCUT2D eigenvalue weighted by atomic mass is 32.2. The van der Waals surface area contributed by atoms with Gasteiger partial charge < -0.3 is 10.6 Å². The minimum absolute atomic E-state index is 0.152. The van der Waals surface area contributed by atoms with Crippen LogP contribution in [0.4, 0.5) is 0 Å². The van der Waals surface area contributed by atoms with Crippen molar-refractivity contribution in [3.63, 3.8) is 0 Å². The van der Waals surface area contributed by atoms with Gasteiger partial charge in [0.05, 0.1) is 4.90 Å². The molecule has 0 saturated heterocycles. The van der Waals surface area contributed by atoms with E-state index in [4.69, 9.17) is 5.73 Å². The largest absolute Gasteiger partial charge is 0.326 e. The van der Waals surface area contributed by atoms with Crippen molar-refractivity contribution >= 4 is 10.0 Å². The van der Waals surface area contributed by atoms with E-state index < -0.39 is 10.0 Å². The van der Waals surface area contributed by atoms with E-state index in [1.165, 1.54) is 0 Å². The van der Waals surface area contributed by atoms with Gasteiger partial charge in [0.15, 0.2) is 0 Å². The first-order chi connectivity index (χ1) is 8.76. The quantitative estimate of drug-likeness (QED) is 0.806. The summed E-state index contributed by atoms with van der Waals surface area (Å²) in [5.74, 6) is 0. The van der Waals surface area contributed by atoms with Gasteiger partial charge in [0.2, 0.25) is 10.0 Å². The summed E-state index contributed by atoms with van der Waals surface area (Å²) in [6, 6.07) is 5.12. The maximum absolute atomic E-state index is 12.3. The van der Waals surface area contributed by atoms with Gasteiger partial charge in [0.1, 0.15) is 0 Å². The fourth-order valence-corrected chi connectivity index (χ4v) is 3.50. The monoisotopic (exact) mass is 285 g/mol. The van der Waals surface area contributed by atoms with Gasteiger partial charge in [-0.25, -0.2) is 13.1 Å². The van der Waals surface area contributed by atoms with E-state index in [1.807, 2.05) is 32.0 Å². The Labute approximate surface area is 115 Å². The third-order valence-corrected chi connectivity index (χ3v) is 4.50. The number of nitrogens with one attached hydrogen (secondary N) is 1. The van der Waals surface area contributed by atoms with E-state index in [0.29, 0.717) is 18.0 Å². The van der Waals surface area contributed by atoms with Crippen LogP contribution < -0.4 is 10.5 Å². The molecule has 0 aliphatic heterocycles. The molecule has 108 valence electrons. The Hall–Kier alpha value is -0.950. The van der Waals surface area contributed by atoms with Gasteiger partial charge in [-0.05, 0) is 45.1 Å². The Morgan fingerprint density at radius 2 is 2.00 bits per heavy atom. The van der Waals surface area contributed by atoms with Crippen molar-refractivity contribution in [1.29, 1.82) is 0 Å². The lowest BCUT2D eigenvalue weighted by atomic mass is 10.1. The van der Waals surface area contributed by atoms with Gasteiger partial charge in [0, 0.05) is 19.1 Å². The smallest absolute Gasteiger partial charge is 0.241 e. The maximum atomic E-state index is 12.3. The van der Waals surface area contributed by atoms with Crippen LogP contribution in [0, 0.1) is 6.92 Å². The Bertz CT molecular complexity index is 527. The van der Waals surface area contributed by atoms with Gasteiger partial charge in [-0.2, -0.15) is 0 Å². The summed E-state index contributed by atoms with van der Waals surface area (Å²) in [7, 11) is 0.315. The van der Waals surface area contributed by atoms with Crippen molar-refractivity contribution in [3.05, 3.63) is 29.3 Å². The molecular formula is C13H23N3O2S. The molecule has 0 aliphatic rings. The lowest BCUT2D eigenvalue weighted by Crippen LogP contribution is -2.39. The summed E-state index contributed by atoms with van der Waals surface area (Å²) in [5.41, 5.74) is 7.09. The molecular weight excluding hydrogens is 262 g/mol. The summed E-state index contributed by atoms with van der Waals surface area (Å²) < 4.78 is 27.4. The van der Waals surface area contributed by atoms with E-state index in [0.717, 1.165) is 11.1 Å². The molecule has 5 nitrogen and oxygen atoms in total. The average molecular weight is 285 g/mol. The van der Waals surface area contributed by atoms with Crippen molar-refractivity contribution in [2.75, 3.05) is 20.6 Å². The summed E-state index contributed by atoms with van der Waals surface area (Å²) in [5, 5.41) is 0. The predicted molar refractivity (Wildman–Crippen MR) is 77.4 cm³/mol.